The number of imidazole rings is 1. The number of nitrogens with one attached hydrogen (secondary N) is 3. The molecule has 0 amide bonds. The number of fused-ring (bicyclic) bond motifs is 1. The zero-order valence-electron chi connectivity index (χ0n) is 12.4. The molecule has 21 heavy (non-hydrogen) atoms. The summed E-state index contributed by atoms with van der Waals surface area (Å²) in [7, 11) is 0. The molecule has 1 unspecified atom stereocenters. The second-order valence-electron chi connectivity index (χ2n) is 5.73. The topological polar surface area (TPSA) is 95.6 Å². The predicted molar refractivity (Wildman–Crippen MR) is 80.8 cm³/mol. The van der Waals surface area contributed by atoms with Crippen molar-refractivity contribution in [2.24, 2.45) is 0 Å². The van der Waals surface area contributed by atoms with Crippen molar-refractivity contribution in [1.82, 2.24) is 24.8 Å². The van der Waals surface area contributed by atoms with Crippen LogP contribution in [0.1, 0.15) is 50.9 Å². The third-order valence-corrected chi connectivity index (χ3v) is 4.35. The van der Waals surface area contributed by atoms with Gasteiger partial charge in [0.2, 0.25) is 0 Å². The Morgan fingerprint density at radius 3 is 2.67 bits per heavy atom. The molecule has 0 bridgehead atoms. The van der Waals surface area contributed by atoms with Crippen LogP contribution in [-0.4, -0.2) is 32.6 Å². The highest BCUT2D eigenvalue weighted by Gasteiger charge is 2.22. The van der Waals surface area contributed by atoms with E-state index in [0.29, 0.717) is 17.1 Å². The molecule has 1 aliphatic rings. The average Bonchev–Trinajstić information content (AvgIpc) is 2.93. The van der Waals surface area contributed by atoms with Crippen molar-refractivity contribution < 1.29 is 0 Å². The van der Waals surface area contributed by atoms with E-state index >= 15 is 0 Å². The highest BCUT2D eigenvalue weighted by Crippen LogP contribution is 2.24. The number of hydrogen-bond donors (Lipinski definition) is 3. The minimum absolute atomic E-state index is 0.000947. The Balaban J connectivity index is 2.17. The molecular formula is C14H21N5O2. The van der Waals surface area contributed by atoms with Crippen molar-refractivity contribution in [3.8, 4) is 0 Å². The minimum Gasteiger partial charge on any atom is -0.336 e. The number of hydrogen-bond acceptors (Lipinski definition) is 4. The Labute approximate surface area is 121 Å². The molecule has 2 aromatic heterocycles. The Hall–Kier alpha value is -1.89. The lowest BCUT2D eigenvalue weighted by Crippen LogP contribution is -2.32. The summed E-state index contributed by atoms with van der Waals surface area (Å²) >= 11 is 0. The van der Waals surface area contributed by atoms with E-state index in [4.69, 9.17) is 0 Å². The summed E-state index contributed by atoms with van der Waals surface area (Å²) in [5.74, 6) is 1.14. The summed E-state index contributed by atoms with van der Waals surface area (Å²) in [6.45, 7) is 5.87. The van der Waals surface area contributed by atoms with Crippen molar-refractivity contribution in [2.45, 2.75) is 45.1 Å². The van der Waals surface area contributed by atoms with Gasteiger partial charge in [0, 0.05) is 12.0 Å². The lowest BCUT2D eigenvalue weighted by molar-refractivity contribution is 0.447. The highest BCUT2D eigenvalue weighted by molar-refractivity contribution is 5.70. The van der Waals surface area contributed by atoms with Gasteiger partial charge in [0.25, 0.3) is 5.56 Å². The molecule has 0 radical (unpaired) electrons. The average molecular weight is 291 g/mol. The molecule has 0 spiro atoms. The van der Waals surface area contributed by atoms with Crippen LogP contribution in [0.5, 0.6) is 0 Å². The van der Waals surface area contributed by atoms with Crippen LogP contribution in [0.2, 0.25) is 0 Å². The van der Waals surface area contributed by atoms with Crippen molar-refractivity contribution in [3.63, 3.8) is 0 Å². The number of aromatic nitrogens is 4. The first-order valence-corrected chi connectivity index (χ1v) is 7.57. The molecule has 7 nitrogen and oxygen atoms in total. The summed E-state index contributed by atoms with van der Waals surface area (Å²) in [5, 5.41) is 3.31. The van der Waals surface area contributed by atoms with E-state index in [9.17, 15) is 9.59 Å². The van der Waals surface area contributed by atoms with Gasteiger partial charge in [-0.05, 0) is 39.3 Å². The second kappa shape index (κ2) is 5.48. The van der Waals surface area contributed by atoms with Crippen molar-refractivity contribution >= 4 is 11.2 Å². The predicted octanol–water partition coefficient (Wildman–Crippen LogP) is 0.851. The largest absolute Gasteiger partial charge is 0.336 e. The Bertz CT molecular complexity index is 751. The van der Waals surface area contributed by atoms with Crippen molar-refractivity contribution in [2.75, 3.05) is 13.1 Å². The van der Waals surface area contributed by atoms with Crippen molar-refractivity contribution in [3.05, 3.63) is 26.7 Å². The number of nitrogens with zero attached hydrogens (tertiary/aromatic N) is 2. The zero-order valence-corrected chi connectivity index (χ0v) is 12.4. The van der Waals surface area contributed by atoms with Gasteiger partial charge in [-0.15, -0.1) is 0 Å². The van der Waals surface area contributed by atoms with E-state index in [1.807, 2.05) is 13.8 Å². The normalized spacial score (nSPS) is 18.2. The van der Waals surface area contributed by atoms with Crippen LogP contribution in [0, 0.1) is 0 Å². The Morgan fingerprint density at radius 2 is 2.00 bits per heavy atom. The van der Waals surface area contributed by atoms with Gasteiger partial charge in [0.1, 0.15) is 11.3 Å². The maximum atomic E-state index is 12.1. The van der Waals surface area contributed by atoms with Gasteiger partial charge in [0.15, 0.2) is 5.65 Å². The lowest BCUT2D eigenvalue weighted by Gasteiger charge is -2.20. The van der Waals surface area contributed by atoms with Crippen molar-refractivity contribution in [1.29, 1.82) is 0 Å². The first kappa shape index (κ1) is 14.1. The first-order chi connectivity index (χ1) is 10.1. The van der Waals surface area contributed by atoms with Crippen LogP contribution < -0.4 is 16.6 Å². The quantitative estimate of drug-likeness (QED) is 0.781. The van der Waals surface area contributed by atoms with Gasteiger partial charge in [0.05, 0.1) is 0 Å². The Morgan fingerprint density at radius 1 is 1.29 bits per heavy atom. The summed E-state index contributed by atoms with van der Waals surface area (Å²) in [4.78, 5) is 34.2. The third-order valence-electron chi connectivity index (χ3n) is 4.35. The maximum absolute atomic E-state index is 12.1. The lowest BCUT2D eigenvalue weighted by atomic mass is 9.98. The molecule has 1 atom stereocenters. The summed E-state index contributed by atoms with van der Waals surface area (Å²) < 4.78 is 1.58. The minimum atomic E-state index is -0.387. The molecule has 3 heterocycles. The van der Waals surface area contributed by atoms with Crippen LogP contribution >= 0.6 is 0 Å². The summed E-state index contributed by atoms with van der Waals surface area (Å²) in [5.41, 5.74) is 0.113. The standard InChI is InChI=1S/C14H21N5O2/c1-3-8(2)19-12-10(13(20)18-14(19)21)16-11(17-12)9-4-6-15-7-5-9/h8-9,15H,3-7H2,1-2H3,(H,16,17)(H,18,20,21). The number of piperidine rings is 1. The molecule has 114 valence electrons. The fourth-order valence-corrected chi connectivity index (χ4v) is 2.91. The van der Waals surface area contributed by atoms with Gasteiger partial charge in [-0.1, -0.05) is 6.92 Å². The summed E-state index contributed by atoms with van der Waals surface area (Å²) in [6, 6.07) is 0.000947. The molecule has 0 aromatic carbocycles. The van der Waals surface area contributed by atoms with Crippen LogP contribution in [-0.2, 0) is 0 Å². The van der Waals surface area contributed by atoms with Gasteiger partial charge in [-0.25, -0.2) is 9.78 Å². The van der Waals surface area contributed by atoms with Gasteiger partial charge in [-0.3, -0.25) is 14.3 Å². The molecule has 3 rings (SSSR count). The molecule has 0 saturated carbocycles. The van der Waals surface area contributed by atoms with Crippen LogP contribution in [0.15, 0.2) is 9.59 Å². The fourth-order valence-electron chi connectivity index (χ4n) is 2.91. The summed E-state index contributed by atoms with van der Waals surface area (Å²) in [6.07, 6.45) is 2.78. The third kappa shape index (κ3) is 2.42. The van der Waals surface area contributed by atoms with E-state index < -0.39 is 0 Å². The van der Waals surface area contributed by atoms with E-state index in [1.165, 1.54) is 0 Å². The van der Waals surface area contributed by atoms with Gasteiger partial charge < -0.3 is 10.3 Å². The zero-order chi connectivity index (χ0) is 15.0. The molecule has 7 heteroatoms. The van der Waals surface area contributed by atoms with Crippen LogP contribution in [0.3, 0.4) is 0 Å². The first-order valence-electron chi connectivity index (χ1n) is 7.57. The highest BCUT2D eigenvalue weighted by atomic mass is 16.2. The van der Waals surface area contributed by atoms with E-state index in [0.717, 1.165) is 38.2 Å². The number of aromatic amines is 2. The molecule has 1 saturated heterocycles. The molecule has 2 aromatic rings. The number of rotatable bonds is 3. The fraction of sp³-hybridized carbons (Fsp3) is 0.643. The molecule has 3 N–H and O–H groups in total. The van der Waals surface area contributed by atoms with E-state index in [1.54, 1.807) is 4.57 Å². The van der Waals surface area contributed by atoms with E-state index in [-0.39, 0.29) is 17.3 Å². The Kier molecular flexibility index (Phi) is 3.67. The molecule has 1 aliphatic heterocycles. The number of H-pyrrole nitrogens is 2. The van der Waals surface area contributed by atoms with Crippen LogP contribution in [0.25, 0.3) is 11.2 Å². The molecular weight excluding hydrogens is 270 g/mol. The molecule has 1 fully saturated rings. The van der Waals surface area contributed by atoms with E-state index in [2.05, 4.69) is 20.3 Å². The smallest absolute Gasteiger partial charge is 0.330 e. The maximum Gasteiger partial charge on any atom is 0.330 e. The SMILES string of the molecule is CCC(C)n1c(=O)[nH]c(=O)c2[nH]c(C3CCNCC3)nc21. The van der Waals surface area contributed by atoms with Crippen LogP contribution in [0.4, 0.5) is 0 Å². The molecule has 0 aliphatic carbocycles. The second-order valence-corrected chi connectivity index (χ2v) is 5.73. The van der Waals surface area contributed by atoms with Gasteiger partial charge >= 0.3 is 5.69 Å². The monoisotopic (exact) mass is 291 g/mol. The van der Waals surface area contributed by atoms with Gasteiger partial charge in [-0.2, -0.15) is 0 Å².